The zero-order chi connectivity index (χ0) is 12.3. The molecular weight excluding hydrogens is 220 g/mol. The molecule has 0 radical (unpaired) electrons. The average molecular weight is 236 g/mol. The lowest BCUT2D eigenvalue weighted by molar-refractivity contribution is -0.106. The Labute approximate surface area is 100 Å². The molecule has 1 unspecified atom stereocenters. The number of ether oxygens (including phenoxy) is 2. The van der Waals surface area contributed by atoms with Crippen LogP contribution < -0.4 is 0 Å². The van der Waals surface area contributed by atoms with Gasteiger partial charge in [-0.05, 0) is 24.8 Å². The van der Waals surface area contributed by atoms with Crippen LogP contribution in [0.4, 0.5) is 0 Å². The van der Waals surface area contributed by atoms with Crippen LogP contribution in [-0.2, 0) is 9.47 Å². The van der Waals surface area contributed by atoms with E-state index in [1.807, 2.05) is 0 Å². The van der Waals surface area contributed by atoms with E-state index in [0.29, 0.717) is 23.7 Å². The third-order valence-electron chi connectivity index (χ3n) is 2.82. The van der Waals surface area contributed by atoms with E-state index in [-0.39, 0.29) is 0 Å². The molecule has 0 spiro atoms. The molecule has 1 N–H and O–H groups in total. The van der Waals surface area contributed by atoms with E-state index < -0.39 is 12.3 Å². The van der Waals surface area contributed by atoms with Crippen molar-refractivity contribution in [3.63, 3.8) is 0 Å². The Balaban J connectivity index is 2.08. The van der Waals surface area contributed by atoms with E-state index in [1.54, 1.807) is 24.3 Å². The van der Waals surface area contributed by atoms with Gasteiger partial charge in [-0.2, -0.15) is 0 Å². The smallest absolute Gasteiger partial charge is 0.338 e. The molecule has 1 aromatic rings. The predicted octanol–water partition coefficient (Wildman–Crippen LogP) is 1.89. The Bertz CT molecular complexity index is 398. The summed E-state index contributed by atoms with van der Waals surface area (Å²) in [5.41, 5.74) is 0.804. The van der Waals surface area contributed by atoms with Gasteiger partial charge in [0.1, 0.15) is 0 Å². The minimum Gasteiger partial charge on any atom is -0.465 e. The molecule has 0 aliphatic heterocycles. The summed E-state index contributed by atoms with van der Waals surface area (Å²) in [5, 5.41) is 9.89. The second kappa shape index (κ2) is 5.29. The fraction of sp³-hybridized carbons (Fsp3) is 0.462. The first-order valence-corrected chi connectivity index (χ1v) is 5.69. The maximum Gasteiger partial charge on any atom is 0.338 e. The molecule has 1 saturated carbocycles. The molecule has 17 heavy (non-hydrogen) atoms. The summed E-state index contributed by atoms with van der Waals surface area (Å²) in [6.45, 7) is 0.538. The molecule has 0 aromatic heterocycles. The van der Waals surface area contributed by atoms with Crippen LogP contribution in [-0.4, -0.2) is 24.8 Å². The van der Waals surface area contributed by atoms with Crippen LogP contribution in [0.15, 0.2) is 24.3 Å². The normalized spacial score (nSPS) is 16.6. The van der Waals surface area contributed by atoms with Crippen molar-refractivity contribution in [2.45, 2.75) is 19.1 Å². The highest BCUT2D eigenvalue weighted by atomic mass is 16.6. The monoisotopic (exact) mass is 236 g/mol. The molecule has 2 rings (SSSR count). The van der Waals surface area contributed by atoms with E-state index in [0.717, 1.165) is 12.8 Å². The first-order chi connectivity index (χ1) is 8.22. The Hall–Kier alpha value is -1.39. The van der Waals surface area contributed by atoms with Gasteiger partial charge in [0.15, 0.2) is 6.29 Å². The van der Waals surface area contributed by atoms with Crippen molar-refractivity contribution in [3.8, 4) is 0 Å². The van der Waals surface area contributed by atoms with Crippen molar-refractivity contribution >= 4 is 5.97 Å². The minimum absolute atomic E-state index is 0.346. The van der Waals surface area contributed by atoms with Crippen LogP contribution in [0.25, 0.3) is 0 Å². The lowest BCUT2D eigenvalue weighted by Crippen LogP contribution is -2.12. The lowest BCUT2D eigenvalue weighted by Gasteiger charge is -2.14. The largest absolute Gasteiger partial charge is 0.465 e. The topological polar surface area (TPSA) is 55.8 Å². The molecule has 1 aliphatic rings. The number of rotatable bonds is 5. The van der Waals surface area contributed by atoms with E-state index >= 15 is 0 Å². The molecule has 92 valence electrons. The van der Waals surface area contributed by atoms with Gasteiger partial charge < -0.3 is 14.6 Å². The van der Waals surface area contributed by atoms with Gasteiger partial charge in [0.25, 0.3) is 0 Å². The molecule has 1 fully saturated rings. The number of carbonyl (C=O) groups is 1. The molecule has 0 bridgehead atoms. The SMILES string of the molecule is COC(=O)c1ccccc1C(O)OCC1CC1. The summed E-state index contributed by atoms with van der Waals surface area (Å²) in [5.74, 6) is 0.101. The summed E-state index contributed by atoms with van der Waals surface area (Å²) in [6.07, 6.45) is 1.25. The number of hydrogen-bond donors (Lipinski definition) is 1. The quantitative estimate of drug-likeness (QED) is 0.626. The first kappa shape index (κ1) is 12.1. The maximum absolute atomic E-state index is 11.5. The predicted molar refractivity (Wildman–Crippen MR) is 61.4 cm³/mol. The highest BCUT2D eigenvalue weighted by molar-refractivity contribution is 5.91. The third-order valence-corrected chi connectivity index (χ3v) is 2.82. The highest BCUT2D eigenvalue weighted by Crippen LogP contribution is 2.31. The third kappa shape index (κ3) is 3.05. The van der Waals surface area contributed by atoms with Crippen molar-refractivity contribution < 1.29 is 19.4 Å². The Morgan fingerprint density at radius 1 is 1.47 bits per heavy atom. The standard InChI is InChI=1S/C13H16O4/c1-16-12(14)10-4-2-3-5-11(10)13(15)17-8-9-6-7-9/h2-5,9,13,15H,6-8H2,1H3. The van der Waals surface area contributed by atoms with E-state index in [2.05, 4.69) is 4.74 Å². The van der Waals surface area contributed by atoms with Crippen molar-refractivity contribution in [2.75, 3.05) is 13.7 Å². The van der Waals surface area contributed by atoms with Gasteiger partial charge in [0.2, 0.25) is 0 Å². The number of methoxy groups -OCH3 is 1. The van der Waals surface area contributed by atoms with E-state index in [4.69, 9.17) is 4.74 Å². The number of esters is 1. The molecule has 1 aliphatic carbocycles. The van der Waals surface area contributed by atoms with Crippen LogP contribution in [0.2, 0.25) is 0 Å². The van der Waals surface area contributed by atoms with Gasteiger partial charge >= 0.3 is 5.97 Å². The van der Waals surface area contributed by atoms with Crippen molar-refractivity contribution in [1.29, 1.82) is 0 Å². The molecule has 4 heteroatoms. The van der Waals surface area contributed by atoms with Gasteiger partial charge in [-0.3, -0.25) is 0 Å². The lowest BCUT2D eigenvalue weighted by atomic mass is 10.1. The molecule has 1 aromatic carbocycles. The second-order valence-electron chi connectivity index (χ2n) is 4.21. The molecule has 0 saturated heterocycles. The van der Waals surface area contributed by atoms with E-state index in [1.165, 1.54) is 7.11 Å². The fourth-order valence-corrected chi connectivity index (χ4v) is 1.61. The number of aliphatic hydroxyl groups is 1. The zero-order valence-corrected chi connectivity index (χ0v) is 9.76. The number of carbonyl (C=O) groups excluding carboxylic acids is 1. The van der Waals surface area contributed by atoms with Crippen molar-refractivity contribution in [1.82, 2.24) is 0 Å². The fourth-order valence-electron chi connectivity index (χ4n) is 1.61. The minimum atomic E-state index is -1.06. The molecule has 1 atom stereocenters. The summed E-state index contributed by atoms with van der Waals surface area (Å²) in [4.78, 5) is 11.5. The van der Waals surface area contributed by atoms with Crippen LogP contribution in [0.5, 0.6) is 0 Å². The van der Waals surface area contributed by atoms with Gasteiger partial charge in [-0.1, -0.05) is 18.2 Å². The van der Waals surface area contributed by atoms with Gasteiger partial charge in [-0.15, -0.1) is 0 Å². The van der Waals surface area contributed by atoms with Crippen LogP contribution in [0.3, 0.4) is 0 Å². The number of aliphatic hydroxyl groups excluding tert-OH is 1. The molecule has 4 nitrogen and oxygen atoms in total. The molecule has 0 heterocycles. The number of hydrogen-bond acceptors (Lipinski definition) is 4. The molecular formula is C13H16O4. The van der Waals surface area contributed by atoms with Crippen LogP contribution in [0.1, 0.15) is 35.1 Å². The van der Waals surface area contributed by atoms with Crippen molar-refractivity contribution in [3.05, 3.63) is 35.4 Å². The van der Waals surface area contributed by atoms with Gasteiger partial charge in [0, 0.05) is 5.56 Å². The van der Waals surface area contributed by atoms with Crippen molar-refractivity contribution in [2.24, 2.45) is 5.92 Å². The Kier molecular flexibility index (Phi) is 3.76. The zero-order valence-electron chi connectivity index (χ0n) is 9.76. The van der Waals surface area contributed by atoms with Crippen LogP contribution in [0, 0.1) is 5.92 Å². The highest BCUT2D eigenvalue weighted by Gasteiger charge is 2.24. The Morgan fingerprint density at radius 3 is 2.82 bits per heavy atom. The Morgan fingerprint density at radius 2 is 2.18 bits per heavy atom. The number of benzene rings is 1. The van der Waals surface area contributed by atoms with Gasteiger partial charge in [0.05, 0.1) is 19.3 Å². The summed E-state index contributed by atoms with van der Waals surface area (Å²) in [6, 6.07) is 6.77. The van der Waals surface area contributed by atoms with E-state index in [9.17, 15) is 9.90 Å². The summed E-state index contributed by atoms with van der Waals surface area (Å²) in [7, 11) is 1.32. The van der Waals surface area contributed by atoms with Crippen LogP contribution >= 0.6 is 0 Å². The summed E-state index contributed by atoms with van der Waals surface area (Å²) >= 11 is 0. The second-order valence-corrected chi connectivity index (χ2v) is 4.21. The summed E-state index contributed by atoms with van der Waals surface area (Å²) < 4.78 is 9.99. The average Bonchev–Trinajstić information content (AvgIpc) is 3.19. The van der Waals surface area contributed by atoms with Gasteiger partial charge in [-0.25, -0.2) is 4.79 Å². The molecule has 0 amide bonds. The maximum atomic E-state index is 11.5. The first-order valence-electron chi connectivity index (χ1n) is 5.69.